The summed E-state index contributed by atoms with van der Waals surface area (Å²) in [4.78, 5) is 23.1. The van der Waals surface area contributed by atoms with Gasteiger partial charge in [0.15, 0.2) is 0 Å². The maximum Gasteiger partial charge on any atom is 0.302 e. The Morgan fingerprint density at radius 2 is 1.90 bits per heavy atom. The first-order chi connectivity index (χ1) is 14.1. The summed E-state index contributed by atoms with van der Waals surface area (Å²) in [6, 6.07) is 0. The van der Waals surface area contributed by atoms with Gasteiger partial charge in [0.05, 0.1) is 6.10 Å². The number of esters is 2. The van der Waals surface area contributed by atoms with E-state index in [2.05, 4.69) is 19.9 Å². The summed E-state index contributed by atoms with van der Waals surface area (Å²) in [5.41, 5.74) is 1.53. The van der Waals surface area contributed by atoms with Crippen LogP contribution in [0.3, 0.4) is 0 Å². The SMILES string of the molecule is CC(=O)OC1CCC2(C)C(=CCC3C2CCC2(C)C3CC3OC32C(C)OC(C)=O)C1. The van der Waals surface area contributed by atoms with Gasteiger partial charge in [-0.25, -0.2) is 0 Å². The third kappa shape index (κ3) is 2.63. The number of epoxide rings is 1. The quantitative estimate of drug-likeness (QED) is 0.383. The molecule has 5 nitrogen and oxygen atoms in total. The lowest BCUT2D eigenvalue weighted by Gasteiger charge is -2.58. The summed E-state index contributed by atoms with van der Waals surface area (Å²) in [7, 11) is 0. The molecule has 4 fully saturated rings. The molecule has 0 amide bonds. The normalized spacial score (nSPS) is 49.5. The van der Waals surface area contributed by atoms with Crippen molar-refractivity contribution in [3.8, 4) is 0 Å². The number of allylic oxidation sites excluding steroid dienone is 1. The number of hydrogen-bond donors (Lipinski definition) is 0. The fourth-order valence-corrected chi connectivity index (χ4v) is 8.52. The molecule has 0 spiro atoms. The first-order valence-electron chi connectivity index (χ1n) is 11.8. The van der Waals surface area contributed by atoms with Crippen molar-refractivity contribution < 1.29 is 23.8 Å². The average Bonchev–Trinajstić information content (AvgIpc) is 3.33. The van der Waals surface area contributed by atoms with Crippen molar-refractivity contribution in [2.75, 3.05) is 0 Å². The van der Waals surface area contributed by atoms with Crippen LogP contribution in [0.4, 0.5) is 0 Å². The van der Waals surface area contributed by atoms with Crippen molar-refractivity contribution >= 4 is 11.9 Å². The highest BCUT2D eigenvalue weighted by atomic mass is 16.7. The van der Waals surface area contributed by atoms with Crippen LogP contribution in [0.5, 0.6) is 0 Å². The first-order valence-corrected chi connectivity index (χ1v) is 11.8. The van der Waals surface area contributed by atoms with E-state index in [9.17, 15) is 9.59 Å². The van der Waals surface area contributed by atoms with Crippen LogP contribution >= 0.6 is 0 Å². The van der Waals surface area contributed by atoms with Gasteiger partial charge in [-0.3, -0.25) is 9.59 Å². The van der Waals surface area contributed by atoms with Crippen LogP contribution < -0.4 is 0 Å². The standard InChI is InChI=1S/C25H36O5/c1-14(28-15(2)26)25-22(30-25)13-21-19-7-6-17-12-18(29-16(3)27)8-10-23(17,4)20(19)9-11-24(21,25)5/h6,14,18-22H,7-13H2,1-5H3. The van der Waals surface area contributed by atoms with Gasteiger partial charge >= 0.3 is 11.9 Å². The van der Waals surface area contributed by atoms with Gasteiger partial charge in [-0.2, -0.15) is 0 Å². The van der Waals surface area contributed by atoms with E-state index in [1.54, 1.807) is 0 Å². The van der Waals surface area contributed by atoms with Gasteiger partial charge in [-0.15, -0.1) is 0 Å². The molecule has 0 radical (unpaired) electrons. The van der Waals surface area contributed by atoms with E-state index in [1.807, 2.05) is 6.92 Å². The highest BCUT2D eigenvalue weighted by Gasteiger charge is 2.79. The molecule has 5 aliphatic rings. The lowest BCUT2D eigenvalue weighted by Crippen LogP contribution is -2.55. The molecule has 4 aliphatic carbocycles. The van der Waals surface area contributed by atoms with Gasteiger partial charge in [0.25, 0.3) is 0 Å². The van der Waals surface area contributed by atoms with Crippen molar-refractivity contribution in [3.05, 3.63) is 11.6 Å². The Bertz CT molecular complexity index is 803. The molecule has 0 bridgehead atoms. The van der Waals surface area contributed by atoms with E-state index in [0.29, 0.717) is 17.8 Å². The number of fused-ring (bicyclic) bond motifs is 7. The van der Waals surface area contributed by atoms with Crippen LogP contribution in [0, 0.1) is 28.6 Å². The van der Waals surface area contributed by atoms with Crippen molar-refractivity contribution in [2.24, 2.45) is 28.6 Å². The Kier molecular flexibility index (Phi) is 4.50. The minimum atomic E-state index is -0.286. The van der Waals surface area contributed by atoms with Gasteiger partial charge in [0.1, 0.15) is 17.8 Å². The Balaban J connectivity index is 1.40. The number of ether oxygens (including phenoxy) is 3. The summed E-state index contributed by atoms with van der Waals surface area (Å²) >= 11 is 0. The van der Waals surface area contributed by atoms with Crippen molar-refractivity contribution in [3.63, 3.8) is 0 Å². The molecule has 0 aromatic carbocycles. The predicted octanol–water partition coefficient (Wildman–Crippen LogP) is 4.58. The summed E-state index contributed by atoms with van der Waals surface area (Å²) in [6.45, 7) is 9.90. The molecule has 3 saturated carbocycles. The van der Waals surface area contributed by atoms with E-state index in [-0.39, 0.29) is 46.7 Å². The zero-order valence-corrected chi connectivity index (χ0v) is 19.0. The zero-order valence-electron chi connectivity index (χ0n) is 19.0. The maximum absolute atomic E-state index is 11.6. The second-order valence-corrected chi connectivity index (χ2v) is 11.1. The Labute approximate surface area is 179 Å². The van der Waals surface area contributed by atoms with Crippen molar-refractivity contribution in [2.45, 2.75) is 103 Å². The maximum atomic E-state index is 11.6. The fraction of sp³-hybridized carbons (Fsp3) is 0.840. The van der Waals surface area contributed by atoms with Crippen molar-refractivity contribution in [1.82, 2.24) is 0 Å². The van der Waals surface area contributed by atoms with E-state index >= 15 is 0 Å². The van der Waals surface area contributed by atoms with Gasteiger partial charge in [0.2, 0.25) is 0 Å². The second kappa shape index (κ2) is 6.57. The predicted molar refractivity (Wildman–Crippen MR) is 111 cm³/mol. The molecule has 0 aromatic rings. The van der Waals surface area contributed by atoms with Gasteiger partial charge in [-0.05, 0) is 68.6 Å². The lowest BCUT2D eigenvalue weighted by molar-refractivity contribution is -0.159. The van der Waals surface area contributed by atoms with E-state index in [4.69, 9.17) is 14.2 Å². The Morgan fingerprint density at radius 1 is 1.13 bits per heavy atom. The second-order valence-electron chi connectivity index (χ2n) is 11.1. The third-order valence-corrected chi connectivity index (χ3v) is 9.85. The molecule has 0 aromatic heterocycles. The summed E-state index contributed by atoms with van der Waals surface area (Å²) in [5, 5.41) is 0. The summed E-state index contributed by atoms with van der Waals surface area (Å²) in [5.74, 6) is 1.60. The van der Waals surface area contributed by atoms with Gasteiger partial charge in [-0.1, -0.05) is 25.5 Å². The summed E-state index contributed by atoms with van der Waals surface area (Å²) < 4.78 is 17.5. The molecular weight excluding hydrogens is 380 g/mol. The molecule has 9 atom stereocenters. The fourth-order valence-electron chi connectivity index (χ4n) is 8.52. The zero-order chi connectivity index (χ0) is 21.5. The van der Waals surface area contributed by atoms with E-state index in [0.717, 1.165) is 38.5 Å². The number of rotatable bonds is 3. The number of carbonyl (C=O) groups is 2. The minimum Gasteiger partial charge on any atom is -0.462 e. The molecule has 1 aliphatic heterocycles. The summed E-state index contributed by atoms with van der Waals surface area (Å²) in [6.07, 6.45) is 10.1. The number of carbonyl (C=O) groups excluding carboxylic acids is 2. The van der Waals surface area contributed by atoms with Crippen LogP contribution in [0.2, 0.25) is 0 Å². The largest absolute Gasteiger partial charge is 0.462 e. The van der Waals surface area contributed by atoms with E-state index < -0.39 is 0 Å². The molecule has 1 saturated heterocycles. The molecule has 9 unspecified atom stereocenters. The van der Waals surface area contributed by atoms with Crippen molar-refractivity contribution in [1.29, 1.82) is 0 Å². The topological polar surface area (TPSA) is 65.1 Å². The molecule has 30 heavy (non-hydrogen) atoms. The average molecular weight is 417 g/mol. The highest BCUT2D eigenvalue weighted by molar-refractivity contribution is 5.66. The smallest absolute Gasteiger partial charge is 0.302 e. The molecule has 1 heterocycles. The Hall–Kier alpha value is -1.36. The molecule has 5 rings (SSSR count). The minimum absolute atomic E-state index is 0.0487. The van der Waals surface area contributed by atoms with Crippen LogP contribution in [0.15, 0.2) is 11.6 Å². The van der Waals surface area contributed by atoms with Crippen LogP contribution in [-0.4, -0.2) is 35.9 Å². The van der Waals surface area contributed by atoms with Crippen LogP contribution in [0.25, 0.3) is 0 Å². The molecule has 0 N–H and O–H groups in total. The van der Waals surface area contributed by atoms with Gasteiger partial charge in [0, 0.05) is 25.7 Å². The van der Waals surface area contributed by atoms with Crippen LogP contribution in [-0.2, 0) is 23.8 Å². The highest BCUT2D eigenvalue weighted by Crippen LogP contribution is 2.74. The van der Waals surface area contributed by atoms with Gasteiger partial charge < -0.3 is 14.2 Å². The third-order valence-electron chi connectivity index (χ3n) is 9.85. The van der Waals surface area contributed by atoms with E-state index in [1.165, 1.54) is 25.8 Å². The molecule has 166 valence electrons. The van der Waals surface area contributed by atoms with Crippen LogP contribution in [0.1, 0.15) is 79.6 Å². The molecule has 5 heteroatoms. The number of hydrogen-bond acceptors (Lipinski definition) is 5. The first kappa shape index (κ1) is 20.5. The lowest BCUT2D eigenvalue weighted by atomic mass is 9.47. The Morgan fingerprint density at radius 3 is 2.60 bits per heavy atom. The molecular formula is C25H36O5. The monoisotopic (exact) mass is 416 g/mol.